The van der Waals surface area contributed by atoms with Gasteiger partial charge in [-0.1, -0.05) is 19.4 Å². The Morgan fingerprint density at radius 2 is 2.00 bits per heavy atom. The minimum absolute atomic E-state index is 0.136. The highest BCUT2D eigenvalue weighted by Gasteiger charge is 2.33. The molecular weight excluding hydrogens is 205 g/mol. The molecule has 0 amide bonds. The van der Waals surface area contributed by atoms with E-state index in [1.807, 2.05) is 6.92 Å². The zero-order chi connectivity index (χ0) is 11.9. The minimum atomic E-state index is -4.46. The number of hydrogen-bond acceptors (Lipinski definition) is 2. The van der Waals surface area contributed by atoms with Crippen LogP contribution in [0.25, 0.3) is 0 Å². The second-order valence-corrected chi connectivity index (χ2v) is 2.90. The lowest BCUT2D eigenvalue weighted by Gasteiger charge is -2.06. The van der Waals surface area contributed by atoms with Crippen LogP contribution in [0.15, 0.2) is 29.0 Å². The van der Waals surface area contributed by atoms with E-state index in [9.17, 15) is 13.2 Å². The smallest absolute Gasteiger partial charge is 0.384 e. The first-order valence-electron chi connectivity index (χ1n) is 4.66. The fourth-order valence-electron chi connectivity index (χ4n) is 0.760. The zero-order valence-electron chi connectivity index (χ0n) is 8.80. The number of allylic oxidation sites excluding steroid dienone is 3. The Morgan fingerprint density at radius 3 is 2.40 bits per heavy atom. The average molecular weight is 220 g/mol. The first kappa shape index (κ1) is 13.7. The third-order valence-electron chi connectivity index (χ3n) is 1.57. The van der Waals surface area contributed by atoms with Gasteiger partial charge >= 0.3 is 6.18 Å². The van der Waals surface area contributed by atoms with Gasteiger partial charge in [-0.15, -0.1) is 0 Å². The van der Waals surface area contributed by atoms with E-state index >= 15 is 0 Å². The van der Waals surface area contributed by atoms with E-state index in [2.05, 4.69) is 4.99 Å². The monoisotopic (exact) mass is 220 g/mol. The molecule has 0 aliphatic rings. The molecule has 0 aromatic rings. The van der Waals surface area contributed by atoms with Crippen LogP contribution in [0, 0.1) is 0 Å². The summed E-state index contributed by atoms with van der Waals surface area (Å²) in [5, 5.41) is 0. The molecule has 0 radical (unpaired) electrons. The Bertz CT molecular complexity index is 275. The molecule has 0 rings (SSSR count). The number of halogens is 3. The van der Waals surface area contributed by atoms with Crippen molar-refractivity contribution in [3.63, 3.8) is 0 Å². The maximum absolute atomic E-state index is 12.4. The molecule has 2 N–H and O–H groups in total. The predicted molar refractivity (Wildman–Crippen MR) is 55.5 cm³/mol. The molecular formula is C10H15F3N2. The fraction of sp³-hybridized carbons (Fsp3) is 0.500. The van der Waals surface area contributed by atoms with Gasteiger partial charge in [0, 0.05) is 0 Å². The molecule has 0 aromatic heterocycles. The largest absolute Gasteiger partial charge is 0.433 e. The fourth-order valence-corrected chi connectivity index (χ4v) is 0.760. The van der Waals surface area contributed by atoms with E-state index in [4.69, 9.17) is 5.73 Å². The normalized spacial score (nSPS) is 15.0. The molecule has 15 heavy (non-hydrogen) atoms. The predicted octanol–water partition coefficient (Wildman–Crippen LogP) is 3.17. The van der Waals surface area contributed by atoms with E-state index < -0.39 is 11.9 Å². The Labute approximate surface area is 87.4 Å². The third kappa shape index (κ3) is 5.93. The van der Waals surface area contributed by atoms with Crippen LogP contribution < -0.4 is 5.73 Å². The van der Waals surface area contributed by atoms with Gasteiger partial charge in [0.15, 0.2) is 0 Å². The first-order chi connectivity index (χ1) is 6.91. The van der Waals surface area contributed by atoms with E-state index in [0.29, 0.717) is 6.42 Å². The SMILES string of the molecule is C\C=C(N)/N=C(\C=C\CCC)C(F)(F)F. The molecule has 86 valence electrons. The molecule has 5 heteroatoms. The van der Waals surface area contributed by atoms with Gasteiger partial charge in [0.05, 0.1) is 0 Å². The average Bonchev–Trinajstić information content (AvgIpc) is 2.14. The van der Waals surface area contributed by atoms with Gasteiger partial charge in [0.1, 0.15) is 11.5 Å². The van der Waals surface area contributed by atoms with E-state index in [-0.39, 0.29) is 5.82 Å². The number of nitrogens with two attached hydrogens (primary N) is 1. The zero-order valence-corrected chi connectivity index (χ0v) is 8.80. The van der Waals surface area contributed by atoms with Crippen LogP contribution in [0.2, 0.25) is 0 Å². The highest BCUT2D eigenvalue weighted by atomic mass is 19.4. The van der Waals surface area contributed by atoms with Gasteiger partial charge in [0.25, 0.3) is 0 Å². The van der Waals surface area contributed by atoms with Gasteiger partial charge in [-0.3, -0.25) is 0 Å². The van der Waals surface area contributed by atoms with Crippen LogP contribution >= 0.6 is 0 Å². The third-order valence-corrected chi connectivity index (χ3v) is 1.57. The van der Waals surface area contributed by atoms with Crippen molar-refractivity contribution < 1.29 is 13.2 Å². The van der Waals surface area contributed by atoms with Crippen LogP contribution in [0.4, 0.5) is 13.2 Å². The van der Waals surface area contributed by atoms with Crippen molar-refractivity contribution >= 4 is 5.71 Å². The maximum Gasteiger partial charge on any atom is 0.433 e. The van der Waals surface area contributed by atoms with Crippen LogP contribution in [0.1, 0.15) is 26.7 Å². The highest BCUT2D eigenvalue weighted by molar-refractivity contribution is 6.00. The molecule has 0 unspecified atom stereocenters. The molecule has 0 aromatic carbocycles. The Morgan fingerprint density at radius 1 is 1.40 bits per heavy atom. The number of aliphatic imine (C=N–C) groups is 1. The van der Waals surface area contributed by atoms with Gasteiger partial charge in [0.2, 0.25) is 0 Å². The molecule has 0 aliphatic carbocycles. The molecule has 0 bridgehead atoms. The van der Waals surface area contributed by atoms with Crippen molar-refractivity contribution in [3.05, 3.63) is 24.0 Å². The summed E-state index contributed by atoms with van der Waals surface area (Å²) >= 11 is 0. The van der Waals surface area contributed by atoms with E-state index in [1.54, 1.807) is 0 Å². The second kappa shape index (κ2) is 6.27. The molecule has 0 fully saturated rings. The standard InChI is InChI=1S/C10H15F3N2/c1-3-5-6-7-8(10(11,12)13)15-9(14)4-2/h4,6-7H,3,5,14H2,1-2H3/b7-6+,9-4-,15-8+. The molecule has 0 spiro atoms. The number of nitrogens with zero attached hydrogens (tertiary/aromatic N) is 1. The lowest BCUT2D eigenvalue weighted by Crippen LogP contribution is -2.21. The van der Waals surface area contributed by atoms with Gasteiger partial charge in [-0.2, -0.15) is 13.2 Å². The second-order valence-electron chi connectivity index (χ2n) is 2.90. The van der Waals surface area contributed by atoms with E-state index in [1.165, 1.54) is 19.1 Å². The lowest BCUT2D eigenvalue weighted by atomic mass is 10.2. The van der Waals surface area contributed by atoms with Crippen molar-refractivity contribution in [1.82, 2.24) is 0 Å². The number of rotatable bonds is 4. The van der Waals surface area contributed by atoms with E-state index in [0.717, 1.165) is 12.5 Å². The number of unbranched alkanes of at least 4 members (excludes halogenated alkanes) is 1. The first-order valence-corrected chi connectivity index (χ1v) is 4.66. The molecule has 0 saturated heterocycles. The molecule has 2 nitrogen and oxygen atoms in total. The highest BCUT2D eigenvalue weighted by Crippen LogP contribution is 2.19. The molecule has 0 heterocycles. The van der Waals surface area contributed by atoms with Crippen molar-refractivity contribution in [2.45, 2.75) is 32.9 Å². The molecule has 0 atom stereocenters. The summed E-state index contributed by atoms with van der Waals surface area (Å²) in [5.74, 6) is -0.136. The lowest BCUT2D eigenvalue weighted by molar-refractivity contribution is -0.0577. The van der Waals surface area contributed by atoms with Crippen molar-refractivity contribution in [2.75, 3.05) is 0 Å². The summed E-state index contributed by atoms with van der Waals surface area (Å²) in [6.45, 7) is 3.41. The molecule has 0 saturated carbocycles. The number of alkyl halides is 3. The van der Waals surface area contributed by atoms with Gasteiger partial charge in [-0.25, -0.2) is 4.99 Å². The summed E-state index contributed by atoms with van der Waals surface area (Å²) < 4.78 is 37.1. The minimum Gasteiger partial charge on any atom is -0.384 e. The quantitative estimate of drug-likeness (QED) is 0.726. The van der Waals surface area contributed by atoms with Crippen LogP contribution in [0.5, 0.6) is 0 Å². The summed E-state index contributed by atoms with van der Waals surface area (Å²) in [7, 11) is 0. The summed E-state index contributed by atoms with van der Waals surface area (Å²) in [5.41, 5.74) is 4.25. The van der Waals surface area contributed by atoms with Gasteiger partial charge in [-0.05, 0) is 25.5 Å². The Hall–Kier alpha value is -1.26. The summed E-state index contributed by atoms with van der Waals surface area (Å²) in [6.07, 6.45) is 0.637. The topological polar surface area (TPSA) is 38.4 Å². The Kier molecular flexibility index (Phi) is 5.74. The van der Waals surface area contributed by atoms with Crippen molar-refractivity contribution in [2.24, 2.45) is 10.7 Å². The summed E-state index contributed by atoms with van der Waals surface area (Å²) in [4.78, 5) is 3.28. The summed E-state index contributed by atoms with van der Waals surface area (Å²) in [6, 6.07) is 0. The number of hydrogen-bond donors (Lipinski definition) is 1. The van der Waals surface area contributed by atoms with Crippen LogP contribution in [0.3, 0.4) is 0 Å². The van der Waals surface area contributed by atoms with Crippen molar-refractivity contribution in [3.8, 4) is 0 Å². The Balaban J connectivity index is 4.83. The van der Waals surface area contributed by atoms with Crippen molar-refractivity contribution in [1.29, 1.82) is 0 Å². The molecule has 0 aliphatic heterocycles. The van der Waals surface area contributed by atoms with Crippen LogP contribution in [-0.2, 0) is 0 Å². The van der Waals surface area contributed by atoms with Crippen LogP contribution in [-0.4, -0.2) is 11.9 Å². The van der Waals surface area contributed by atoms with Gasteiger partial charge < -0.3 is 5.73 Å². The maximum atomic E-state index is 12.4.